The molecule has 0 saturated heterocycles. The molecule has 5 heteroatoms. The van der Waals surface area contributed by atoms with Gasteiger partial charge in [-0.25, -0.2) is 0 Å². The highest BCUT2D eigenvalue weighted by molar-refractivity contribution is 5.93. The summed E-state index contributed by atoms with van der Waals surface area (Å²) >= 11 is 0. The van der Waals surface area contributed by atoms with Gasteiger partial charge in [-0.1, -0.05) is 42.5 Å². The average Bonchev–Trinajstić information content (AvgIpc) is 2.63. The Morgan fingerprint density at radius 2 is 1.72 bits per heavy atom. The predicted molar refractivity (Wildman–Crippen MR) is 98.8 cm³/mol. The number of nitrogens with one attached hydrogen (secondary N) is 1. The number of methoxy groups -OCH3 is 1. The summed E-state index contributed by atoms with van der Waals surface area (Å²) in [6.45, 7) is 2.38. The Hall–Kier alpha value is -2.82. The number of carbonyl (C=O) groups is 2. The molecule has 5 nitrogen and oxygen atoms in total. The minimum atomic E-state index is -0.124. The van der Waals surface area contributed by atoms with Gasteiger partial charge in [0.05, 0.1) is 12.8 Å². The predicted octanol–water partition coefficient (Wildman–Crippen LogP) is 2.80. The van der Waals surface area contributed by atoms with Crippen LogP contribution in [0.5, 0.6) is 5.75 Å². The normalized spacial score (nSPS) is 10.2. The van der Waals surface area contributed by atoms with Crippen molar-refractivity contribution in [3.63, 3.8) is 0 Å². The summed E-state index contributed by atoms with van der Waals surface area (Å²) in [4.78, 5) is 25.6. The molecule has 0 spiro atoms. The second kappa shape index (κ2) is 9.47. The van der Waals surface area contributed by atoms with Gasteiger partial charge in [-0.3, -0.25) is 9.59 Å². The lowest BCUT2D eigenvalue weighted by Crippen LogP contribution is -2.34. The monoisotopic (exact) mass is 340 g/mol. The summed E-state index contributed by atoms with van der Waals surface area (Å²) in [5, 5.41) is 2.90. The molecule has 2 aromatic carbocycles. The number of hydrogen-bond acceptors (Lipinski definition) is 3. The molecule has 0 radical (unpaired) electrons. The summed E-state index contributed by atoms with van der Waals surface area (Å²) in [5.74, 6) is 0.417. The molecule has 0 aromatic heterocycles. The van der Waals surface area contributed by atoms with Gasteiger partial charge in [0, 0.05) is 26.4 Å². The molecule has 25 heavy (non-hydrogen) atoms. The molecule has 2 aromatic rings. The number of nitrogens with zero attached hydrogens (tertiary/aromatic N) is 1. The second-order valence-corrected chi connectivity index (χ2v) is 5.68. The van der Waals surface area contributed by atoms with Crippen molar-refractivity contribution in [2.75, 3.05) is 25.1 Å². The van der Waals surface area contributed by atoms with Crippen LogP contribution in [0.15, 0.2) is 54.6 Å². The van der Waals surface area contributed by atoms with E-state index in [0.29, 0.717) is 24.5 Å². The average molecular weight is 340 g/mol. The van der Waals surface area contributed by atoms with Gasteiger partial charge in [0.2, 0.25) is 11.8 Å². The van der Waals surface area contributed by atoms with Gasteiger partial charge >= 0.3 is 0 Å². The van der Waals surface area contributed by atoms with Gasteiger partial charge in [-0.15, -0.1) is 0 Å². The number of rotatable bonds is 8. The van der Waals surface area contributed by atoms with Crippen molar-refractivity contribution in [1.29, 1.82) is 0 Å². The van der Waals surface area contributed by atoms with Crippen molar-refractivity contribution in [2.24, 2.45) is 0 Å². The van der Waals surface area contributed by atoms with E-state index in [2.05, 4.69) is 5.32 Å². The molecule has 0 aliphatic heterocycles. The van der Waals surface area contributed by atoms with Crippen molar-refractivity contribution in [2.45, 2.75) is 19.8 Å². The standard InChI is InChI=1S/C20H24N2O3/c1-16(23)22(18-10-6-7-11-19(18)25-2)15-13-20(24)21-14-12-17-8-4-3-5-9-17/h3-11H,12-15H2,1-2H3,(H,21,24). The van der Waals surface area contributed by atoms with Gasteiger partial charge in [0.25, 0.3) is 0 Å². The third kappa shape index (κ3) is 5.64. The number of benzene rings is 2. The summed E-state index contributed by atoms with van der Waals surface area (Å²) < 4.78 is 5.30. The highest BCUT2D eigenvalue weighted by atomic mass is 16.5. The summed E-state index contributed by atoms with van der Waals surface area (Å²) in [5.41, 5.74) is 1.86. The first-order chi connectivity index (χ1) is 12.1. The number of amides is 2. The van der Waals surface area contributed by atoms with E-state index in [9.17, 15) is 9.59 Å². The van der Waals surface area contributed by atoms with Crippen molar-refractivity contribution >= 4 is 17.5 Å². The lowest BCUT2D eigenvalue weighted by molar-refractivity contribution is -0.121. The maximum Gasteiger partial charge on any atom is 0.223 e. The van der Waals surface area contributed by atoms with E-state index >= 15 is 0 Å². The Morgan fingerprint density at radius 3 is 2.40 bits per heavy atom. The Morgan fingerprint density at radius 1 is 1.04 bits per heavy atom. The molecule has 0 unspecified atom stereocenters. The lowest BCUT2D eigenvalue weighted by atomic mass is 10.1. The highest BCUT2D eigenvalue weighted by Crippen LogP contribution is 2.27. The fourth-order valence-electron chi connectivity index (χ4n) is 2.59. The van der Waals surface area contributed by atoms with Gasteiger partial charge < -0.3 is 15.0 Å². The summed E-state index contributed by atoms with van der Waals surface area (Å²) in [6, 6.07) is 17.3. The van der Waals surface area contributed by atoms with Crippen LogP contribution in [0.2, 0.25) is 0 Å². The summed E-state index contributed by atoms with van der Waals surface area (Å²) in [6.07, 6.45) is 1.03. The highest BCUT2D eigenvalue weighted by Gasteiger charge is 2.16. The Bertz CT molecular complexity index is 701. The van der Waals surface area contributed by atoms with Crippen LogP contribution in [0, 0.1) is 0 Å². The van der Waals surface area contributed by atoms with Crippen molar-refractivity contribution < 1.29 is 14.3 Å². The number of para-hydroxylation sites is 2. The van der Waals surface area contributed by atoms with Crippen LogP contribution < -0.4 is 15.0 Å². The molecule has 132 valence electrons. The number of anilines is 1. The number of carbonyl (C=O) groups excluding carboxylic acids is 2. The molecule has 2 amide bonds. The molecule has 0 aliphatic rings. The van der Waals surface area contributed by atoms with E-state index in [1.54, 1.807) is 18.1 Å². The van der Waals surface area contributed by atoms with Crippen LogP contribution in [0.1, 0.15) is 18.9 Å². The van der Waals surface area contributed by atoms with Crippen LogP contribution in [-0.4, -0.2) is 32.0 Å². The fraction of sp³-hybridized carbons (Fsp3) is 0.300. The van der Waals surface area contributed by atoms with Crippen molar-refractivity contribution in [3.05, 3.63) is 60.2 Å². The molecule has 0 atom stereocenters. The third-order valence-corrected chi connectivity index (χ3v) is 3.90. The van der Waals surface area contributed by atoms with Gasteiger partial charge in [-0.2, -0.15) is 0 Å². The van der Waals surface area contributed by atoms with E-state index in [1.165, 1.54) is 12.5 Å². The molecule has 0 fully saturated rings. The SMILES string of the molecule is COc1ccccc1N(CCC(=O)NCCc1ccccc1)C(C)=O. The number of hydrogen-bond donors (Lipinski definition) is 1. The molecule has 1 N–H and O–H groups in total. The van der Waals surface area contributed by atoms with E-state index in [0.717, 1.165) is 6.42 Å². The number of ether oxygens (including phenoxy) is 1. The zero-order valence-corrected chi connectivity index (χ0v) is 14.7. The Labute approximate surface area is 148 Å². The first-order valence-electron chi connectivity index (χ1n) is 8.33. The Balaban J connectivity index is 1.86. The van der Waals surface area contributed by atoms with E-state index in [-0.39, 0.29) is 18.2 Å². The largest absolute Gasteiger partial charge is 0.495 e. The molecule has 2 rings (SSSR count). The molecular weight excluding hydrogens is 316 g/mol. The van der Waals surface area contributed by atoms with Gasteiger partial charge in [0.15, 0.2) is 0 Å². The quantitative estimate of drug-likeness (QED) is 0.804. The van der Waals surface area contributed by atoms with Crippen LogP contribution in [0.4, 0.5) is 5.69 Å². The minimum Gasteiger partial charge on any atom is -0.495 e. The zero-order valence-electron chi connectivity index (χ0n) is 14.7. The lowest BCUT2D eigenvalue weighted by Gasteiger charge is -2.23. The zero-order chi connectivity index (χ0) is 18.1. The van der Waals surface area contributed by atoms with Crippen molar-refractivity contribution in [1.82, 2.24) is 5.32 Å². The van der Waals surface area contributed by atoms with Crippen molar-refractivity contribution in [3.8, 4) is 5.75 Å². The van der Waals surface area contributed by atoms with E-state index in [4.69, 9.17) is 4.74 Å². The molecule has 0 bridgehead atoms. The van der Waals surface area contributed by atoms with Crippen LogP contribution in [0.3, 0.4) is 0 Å². The van der Waals surface area contributed by atoms with Crippen LogP contribution >= 0.6 is 0 Å². The topological polar surface area (TPSA) is 58.6 Å². The molecule has 0 saturated carbocycles. The molecular formula is C20H24N2O3. The maximum atomic E-state index is 12.1. The minimum absolute atomic E-state index is 0.0721. The van der Waals surface area contributed by atoms with E-state index < -0.39 is 0 Å². The van der Waals surface area contributed by atoms with Crippen LogP contribution in [0.25, 0.3) is 0 Å². The second-order valence-electron chi connectivity index (χ2n) is 5.68. The van der Waals surface area contributed by atoms with E-state index in [1.807, 2.05) is 48.5 Å². The van der Waals surface area contributed by atoms with Gasteiger partial charge in [-0.05, 0) is 24.1 Å². The first kappa shape index (κ1) is 18.5. The first-order valence-corrected chi connectivity index (χ1v) is 8.33. The maximum absolute atomic E-state index is 12.1. The molecule has 0 heterocycles. The fourth-order valence-corrected chi connectivity index (χ4v) is 2.59. The molecule has 0 aliphatic carbocycles. The smallest absolute Gasteiger partial charge is 0.223 e. The third-order valence-electron chi connectivity index (χ3n) is 3.90. The summed E-state index contributed by atoms with van der Waals surface area (Å²) in [7, 11) is 1.56. The Kier molecular flexibility index (Phi) is 7.01. The van der Waals surface area contributed by atoms with Crippen LogP contribution in [-0.2, 0) is 16.0 Å². The van der Waals surface area contributed by atoms with Gasteiger partial charge in [0.1, 0.15) is 5.75 Å².